The number of hydrogen-bond acceptors (Lipinski definition) is 3. The lowest BCUT2D eigenvalue weighted by molar-refractivity contribution is -0.141. The van der Waals surface area contributed by atoms with Gasteiger partial charge in [-0.05, 0) is 33.0 Å². The number of esters is 1. The average Bonchev–Trinajstić information content (AvgIpc) is 2.00. The zero-order valence-corrected chi connectivity index (χ0v) is 9.03. The monoisotopic (exact) mass is 204 g/mol. The van der Waals surface area contributed by atoms with Gasteiger partial charge < -0.3 is 15.4 Å². The van der Waals surface area contributed by atoms with E-state index in [0.717, 1.165) is 0 Å². The molecule has 0 aliphatic carbocycles. The van der Waals surface area contributed by atoms with Crippen molar-refractivity contribution >= 4 is 23.3 Å². The number of rotatable bonds is 4. The van der Waals surface area contributed by atoms with Crippen molar-refractivity contribution in [2.24, 2.45) is 0 Å². The summed E-state index contributed by atoms with van der Waals surface area (Å²) in [7, 11) is 0. The first kappa shape index (κ1) is 12.2. The number of nitrogens with one attached hydrogen (secondary N) is 2. The summed E-state index contributed by atoms with van der Waals surface area (Å²) < 4.78 is 4.71. The Morgan fingerprint density at radius 2 is 2.15 bits per heavy atom. The Bertz CT molecular complexity index is 183. The van der Waals surface area contributed by atoms with Crippen LogP contribution in [0.25, 0.3) is 0 Å². The molecule has 0 unspecified atom stereocenters. The highest BCUT2D eigenvalue weighted by atomic mass is 32.1. The molecular formula is C8H16N2O2S. The van der Waals surface area contributed by atoms with Gasteiger partial charge in [-0.2, -0.15) is 0 Å². The summed E-state index contributed by atoms with van der Waals surface area (Å²) in [6.07, 6.45) is 0. The van der Waals surface area contributed by atoms with Gasteiger partial charge in [0.05, 0.1) is 6.61 Å². The highest BCUT2D eigenvalue weighted by molar-refractivity contribution is 7.80. The Kier molecular flexibility index (Phi) is 6.22. The minimum absolute atomic E-state index is 0.117. The maximum atomic E-state index is 10.9. The lowest BCUT2D eigenvalue weighted by Gasteiger charge is -2.12. The predicted octanol–water partition coefficient (Wildman–Crippen LogP) is 0.422. The molecule has 0 rings (SSSR count). The third kappa shape index (κ3) is 7.52. The van der Waals surface area contributed by atoms with Crippen LogP contribution in [-0.2, 0) is 9.53 Å². The molecule has 0 aromatic carbocycles. The normalized spacial score (nSPS) is 9.54. The minimum Gasteiger partial charge on any atom is -0.465 e. The number of hydrogen-bond donors (Lipinski definition) is 2. The van der Waals surface area contributed by atoms with Gasteiger partial charge in [0.1, 0.15) is 6.54 Å². The van der Waals surface area contributed by atoms with Crippen molar-refractivity contribution in [3.63, 3.8) is 0 Å². The topological polar surface area (TPSA) is 50.4 Å². The summed E-state index contributed by atoms with van der Waals surface area (Å²) in [5, 5.41) is 6.17. The van der Waals surface area contributed by atoms with Crippen LogP contribution in [0.2, 0.25) is 0 Å². The van der Waals surface area contributed by atoms with Gasteiger partial charge in [0.2, 0.25) is 0 Å². The Morgan fingerprint density at radius 1 is 1.54 bits per heavy atom. The van der Waals surface area contributed by atoms with Crippen LogP contribution in [-0.4, -0.2) is 30.3 Å². The van der Waals surface area contributed by atoms with Crippen LogP contribution in [0.1, 0.15) is 20.8 Å². The molecule has 0 heterocycles. The fourth-order valence-electron chi connectivity index (χ4n) is 0.678. The third-order valence-electron chi connectivity index (χ3n) is 1.12. The van der Waals surface area contributed by atoms with Crippen LogP contribution in [0.5, 0.6) is 0 Å². The molecule has 2 N–H and O–H groups in total. The smallest absolute Gasteiger partial charge is 0.325 e. The Labute approximate surface area is 84.0 Å². The molecule has 0 aromatic rings. The minimum atomic E-state index is -0.296. The highest BCUT2D eigenvalue weighted by Crippen LogP contribution is 1.79. The van der Waals surface area contributed by atoms with Gasteiger partial charge >= 0.3 is 5.97 Å². The standard InChI is InChI=1S/C8H16N2O2S/c1-4-12-7(11)5-9-8(13)10-6(2)3/h6H,4-5H2,1-3H3,(H2,9,10,13). The maximum absolute atomic E-state index is 10.9. The van der Waals surface area contributed by atoms with E-state index in [1.807, 2.05) is 13.8 Å². The second-order valence-corrected chi connectivity index (χ2v) is 3.19. The van der Waals surface area contributed by atoms with E-state index < -0.39 is 0 Å². The summed E-state index contributed by atoms with van der Waals surface area (Å²) in [5.41, 5.74) is 0. The first-order valence-electron chi connectivity index (χ1n) is 4.26. The largest absolute Gasteiger partial charge is 0.465 e. The summed E-state index contributed by atoms with van der Waals surface area (Å²) in [6.45, 7) is 6.22. The number of thiocarbonyl (C=S) groups is 1. The molecule has 0 aliphatic heterocycles. The second-order valence-electron chi connectivity index (χ2n) is 2.79. The Balaban J connectivity index is 3.52. The molecule has 0 saturated carbocycles. The summed E-state index contributed by atoms with van der Waals surface area (Å²) >= 11 is 4.90. The van der Waals surface area contributed by atoms with Crippen LogP contribution in [0.15, 0.2) is 0 Å². The highest BCUT2D eigenvalue weighted by Gasteiger charge is 2.02. The maximum Gasteiger partial charge on any atom is 0.325 e. The van der Waals surface area contributed by atoms with Gasteiger partial charge in [0.25, 0.3) is 0 Å². The number of ether oxygens (including phenoxy) is 1. The van der Waals surface area contributed by atoms with Crippen molar-refractivity contribution in [1.29, 1.82) is 0 Å². The van der Waals surface area contributed by atoms with Crippen molar-refractivity contribution in [1.82, 2.24) is 10.6 Å². The lowest BCUT2D eigenvalue weighted by Crippen LogP contribution is -2.41. The van der Waals surface area contributed by atoms with E-state index in [1.165, 1.54) is 0 Å². The predicted molar refractivity (Wildman–Crippen MR) is 55.5 cm³/mol. The van der Waals surface area contributed by atoms with E-state index in [-0.39, 0.29) is 18.6 Å². The zero-order valence-electron chi connectivity index (χ0n) is 8.22. The summed E-state index contributed by atoms with van der Waals surface area (Å²) in [4.78, 5) is 10.9. The Hall–Kier alpha value is -0.840. The van der Waals surface area contributed by atoms with E-state index in [0.29, 0.717) is 11.7 Å². The van der Waals surface area contributed by atoms with E-state index >= 15 is 0 Å². The fraction of sp³-hybridized carbons (Fsp3) is 0.750. The van der Waals surface area contributed by atoms with Gasteiger partial charge in [-0.1, -0.05) is 0 Å². The first-order valence-corrected chi connectivity index (χ1v) is 4.67. The molecule has 0 bridgehead atoms. The number of carbonyl (C=O) groups excluding carboxylic acids is 1. The summed E-state index contributed by atoms with van der Waals surface area (Å²) in [6, 6.07) is 0.266. The van der Waals surface area contributed by atoms with Crippen LogP contribution < -0.4 is 10.6 Å². The average molecular weight is 204 g/mol. The molecule has 0 saturated heterocycles. The fourth-order valence-corrected chi connectivity index (χ4v) is 0.986. The van der Waals surface area contributed by atoms with E-state index in [2.05, 4.69) is 10.6 Å². The quantitative estimate of drug-likeness (QED) is 0.513. The molecule has 0 atom stereocenters. The molecule has 0 aliphatic rings. The van der Waals surface area contributed by atoms with Gasteiger partial charge in [-0.25, -0.2) is 0 Å². The van der Waals surface area contributed by atoms with Gasteiger partial charge in [0.15, 0.2) is 5.11 Å². The molecule has 76 valence electrons. The summed E-state index contributed by atoms with van der Waals surface area (Å²) in [5.74, 6) is -0.296. The Morgan fingerprint density at radius 3 is 2.62 bits per heavy atom. The molecule has 4 nitrogen and oxygen atoms in total. The van der Waals surface area contributed by atoms with E-state index in [4.69, 9.17) is 17.0 Å². The van der Waals surface area contributed by atoms with Crippen molar-refractivity contribution in [3.8, 4) is 0 Å². The number of carbonyl (C=O) groups is 1. The lowest BCUT2D eigenvalue weighted by atomic mass is 10.4. The van der Waals surface area contributed by atoms with Crippen LogP contribution >= 0.6 is 12.2 Å². The van der Waals surface area contributed by atoms with Crippen LogP contribution in [0.3, 0.4) is 0 Å². The van der Waals surface area contributed by atoms with Crippen molar-refractivity contribution in [2.45, 2.75) is 26.8 Å². The molecular weight excluding hydrogens is 188 g/mol. The van der Waals surface area contributed by atoms with E-state index in [1.54, 1.807) is 6.92 Å². The zero-order chi connectivity index (χ0) is 10.3. The van der Waals surface area contributed by atoms with Gasteiger partial charge in [-0.3, -0.25) is 4.79 Å². The molecule has 0 fully saturated rings. The van der Waals surface area contributed by atoms with Crippen LogP contribution in [0, 0.1) is 0 Å². The molecule has 13 heavy (non-hydrogen) atoms. The van der Waals surface area contributed by atoms with Crippen molar-refractivity contribution < 1.29 is 9.53 Å². The van der Waals surface area contributed by atoms with E-state index in [9.17, 15) is 4.79 Å². The molecule has 0 amide bonds. The molecule has 0 radical (unpaired) electrons. The molecule has 0 spiro atoms. The van der Waals surface area contributed by atoms with Gasteiger partial charge in [-0.15, -0.1) is 0 Å². The van der Waals surface area contributed by atoms with Crippen LogP contribution in [0.4, 0.5) is 0 Å². The van der Waals surface area contributed by atoms with Crippen molar-refractivity contribution in [2.75, 3.05) is 13.2 Å². The molecule has 0 aromatic heterocycles. The third-order valence-corrected chi connectivity index (χ3v) is 1.38. The van der Waals surface area contributed by atoms with Gasteiger partial charge in [0, 0.05) is 6.04 Å². The van der Waals surface area contributed by atoms with Crippen molar-refractivity contribution in [3.05, 3.63) is 0 Å². The molecule has 5 heteroatoms. The SMILES string of the molecule is CCOC(=O)CNC(=S)NC(C)C. The first-order chi connectivity index (χ1) is 6.06. The second kappa shape index (κ2) is 6.65.